The molecule has 2 amide bonds. The summed E-state index contributed by atoms with van der Waals surface area (Å²) in [5.74, 6) is -4.55. The Labute approximate surface area is 273 Å². The average Bonchev–Trinajstić information content (AvgIpc) is 3.54. The molecule has 2 aromatic heterocycles. The number of aromatic nitrogens is 3. The van der Waals surface area contributed by atoms with Gasteiger partial charge in [-0.25, -0.2) is 13.2 Å². The molecule has 2 atom stereocenters. The number of halogens is 6. The van der Waals surface area contributed by atoms with Crippen LogP contribution >= 0.6 is 0 Å². The van der Waals surface area contributed by atoms with Gasteiger partial charge in [-0.3, -0.25) is 19.3 Å². The van der Waals surface area contributed by atoms with Crippen molar-refractivity contribution in [2.45, 2.75) is 77.6 Å². The molecule has 3 N–H and O–H groups in total. The summed E-state index contributed by atoms with van der Waals surface area (Å²) in [4.78, 5) is 30.1. The highest BCUT2D eigenvalue weighted by Crippen LogP contribution is 2.51. The molecular formula is C35H35F6N5O2. The fourth-order valence-corrected chi connectivity index (χ4v) is 6.81. The number of amides is 2. The van der Waals surface area contributed by atoms with E-state index in [9.17, 15) is 35.9 Å². The number of benzene rings is 2. The van der Waals surface area contributed by atoms with Crippen LogP contribution in [0.5, 0.6) is 0 Å². The fraction of sp³-hybridized carbons (Fsp3) is 0.371. The molecule has 5 rings (SSSR count). The van der Waals surface area contributed by atoms with E-state index in [1.54, 1.807) is 19.1 Å². The second-order valence-electron chi connectivity index (χ2n) is 12.8. The van der Waals surface area contributed by atoms with E-state index in [2.05, 4.69) is 15.4 Å². The molecule has 0 saturated heterocycles. The molecule has 0 bridgehead atoms. The van der Waals surface area contributed by atoms with Crippen LogP contribution in [0.15, 0.2) is 54.7 Å². The van der Waals surface area contributed by atoms with Crippen LogP contribution in [0.3, 0.4) is 0 Å². The number of primary amides is 1. The number of nitrogens with zero attached hydrogens (tertiary/aromatic N) is 3. The van der Waals surface area contributed by atoms with Gasteiger partial charge in [0.05, 0.1) is 17.3 Å². The minimum absolute atomic E-state index is 0.0515. The van der Waals surface area contributed by atoms with Crippen molar-refractivity contribution in [2.75, 3.05) is 0 Å². The van der Waals surface area contributed by atoms with Gasteiger partial charge in [0.25, 0.3) is 5.91 Å². The van der Waals surface area contributed by atoms with E-state index in [0.29, 0.717) is 29.3 Å². The Kier molecular flexibility index (Phi) is 9.70. The molecule has 2 heterocycles. The highest BCUT2D eigenvalue weighted by atomic mass is 19.4. The maximum absolute atomic E-state index is 14.3. The maximum Gasteiger partial charge on any atom is 0.435 e. The molecule has 0 spiro atoms. The number of hydrogen-bond acceptors (Lipinski definition) is 4. The third-order valence-corrected chi connectivity index (χ3v) is 9.01. The molecule has 7 nitrogen and oxygen atoms in total. The summed E-state index contributed by atoms with van der Waals surface area (Å²) in [6.07, 6.45) is -1.18. The van der Waals surface area contributed by atoms with Crippen molar-refractivity contribution >= 4 is 11.8 Å². The zero-order valence-electron chi connectivity index (χ0n) is 26.6. The minimum atomic E-state index is -4.74. The third kappa shape index (κ3) is 7.24. The fourth-order valence-electron chi connectivity index (χ4n) is 6.81. The molecule has 2 aromatic carbocycles. The zero-order chi connectivity index (χ0) is 35.0. The summed E-state index contributed by atoms with van der Waals surface area (Å²) in [6, 6.07) is 8.62. The lowest BCUT2D eigenvalue weighted by Gasteiger charge is -2.29. The second-order valence-corrected chi connectivity index (χ2v) is 12.8. The Bertz CT molecular complexity index is 1830. The summed E-state index contributed by atoms with van der Waals surface area (Å²) >= 11 is 0. The Balaban J connectivity index is 1.57. The minimum Gasteiger partial charge on any atom is -0.366 e. The van der Waals surface area contributed by atoms with Crippen LogP contribution in [0.1, 0.15) is 90.6 Å². The van der Waals surface area contributed by atoms with Crippen LogP contribution in [0.2, 0.25) is 0 Å². The lowest BCUT2D eigenvalue weighted by Crippen LogP contribution is -2.35. The number of carbonyl (C=O) groups excluding carboxylic acids is 2. The summed E-state index contributed by atoms with van der Waals surface area (Å²) in [7, 11) is 0. The van der Waals surface area contributed by atoms with Crippen LogP contribution < -0.4 is 11.1 Å². The average molecular weight is 672 g/mol. The third-order valence-electron chi connectivity index (χ3n) is 9.01. The lowest BCUT2D eigenvalue weighted by molar-refractivity contribution is -0.142. The van der Waals surface area contributed by atoms with E-state index < -0.39 is 53.7 Å². The van der Waals surface area contributed by atoms with E-state index in [4.69, 9.17) is 5.73 Å². The van der Waals surface area contributed by atoms with Crippen LogP contribution in [-0.4, -0.2) is 26.6 Å². The van der Waals surface area contributed by atoms with Crippen molar-refractivity contribution in [2.24, 2.45) is 11.1 Å². The smallest absolute Gasteiger partial charge is 0.366 e. The molecule has 1 saturated carbocycles. The van der Waals surface area contributed by atoms with E-state index in [0.717, 1.165) is 35.7 Å². The van der Waals surface area contributed by atoms with E-state index in [1.807, 2.05) is 13.8 Å². The first kappa shape index (κ1) is 34.6. The monoisotopic (exact) mass is 671 g/mol. The number of rotatable bonds is 10. The van der Waals surface area contributed by atoms with Gasteiger partial charge < -0.3 is 11.1 Å². The maximum atomic E-state index is 14.3. The Morgan fingerprint density at radius 2 is 1.79 bits per heavy atom. The first-order valence-corrected chi connectivity index (χ1v) is 15.5. The molecule has 1 aliphatic carbocycles. The van der Waals surface area contributed by atoms with E-state index in [-0.39, 0.29) is 46.6 Å². The number of nitrogens with two attached hydrogens (primary N) is 1. The van der Waals surface area contributed by atoms with Gasteiger partial charge in [-0.1, -0.05) is 39.3 Å². The first-order valence-electron chi connectivity index (χ1n) is 15.5. The van der Waals surface area contributed by atoms with Crippen LogP contribution in [0.4, 0.5) is 26.3 Å². The molecule has 13 heteroatoms. The van der Waals surface area contributed by atoms with E-state index in [1.165, 1.54) is 18.3 Å². The van der Waals surface area contributed by atoms with Gasteiger partial charge in [0.1, 0.15) is 24.0 Å². The molecule has 48 heavy (non-hydrogen) atoms. The Morgan fingerprint density at radius 3 is 2.40 bits per heavy atom. The van der Waals surface area contributed by atoms with Gasteiger partial charge in [-0.15, -0.1) is 0 Å². The molecule has 0 radical (unpaired) electrons. The SMILES string of the molecule is CCc1c(C(F)(F)F)nn(CC(=O)N[C@@H](Cc2cc(F)cc(F)c2)c2ncccc2-c2ccc(F)c(C(N)=O)c2)c1C1CCCC1(C)C. The predicted molar refractivity (Wildman–Crippen MR) is 166 cm³/mol. The molecule has 1 aliphatic rings. The van der Waals surface area contributed by atoms with Gasteiger partial charge in [0.15, 0.2) is 5.69 Å². The van der Waals surface area contributed by atoms with Gasteiger partial charge in [0, 0.05) is 35.0 Å². The normalized spacial score (nSPS) is 16.6. The quantitative estimate of drug-likeness (QED) is 0.171. The summed E-state index contributed by atoms with van der Waals surface area (Å²) in [6.45, 7) is 5.04. The predicted octanol–water partition coefficient (Wildman–Crippen LogP) is 7.44. The standard InChI is InChI=1S/C35H35F6N5O2/c1-4-23-31(26-8-5-11-34(26,2)3)46(45-32(23)35(39,40)41)18-29(47)44-28(15-19-13-21(36)17-22(37)14-19)30-24(7-6-12-43-30)20-9-10-27(38)25(16-20)33(42)48/h6-7,9-10,12-14,16-17,26,28H,4-5,8,11,15,18H2,1-3H3,(H2,42,48)(H,44,47)/t26?,28-/m0/s1. The van der Waals surface area contributed by atoms with Crippen molar-refractivity contribution in [3.05, 3.63) is 106 Å². The topological polar surface area (TPSA) is 103 Å². The number of carbonyl (C=O) groups is 2. The van der Waals surface area contributed by atoms with Gasteiger partial charge >= 0.3 is 6.18 Å². The van der Waals surface area contributed by atoms with Gasteiger partial charge in [-0.05, 0) is 72.6 Å². The summed E-state index contributed by atoms with van der Waals surface area (Å²) in [5, 5.41) is 6.72. The van der Waals surface area contributed by atoms with Crippen LogP contribution in [-0.2, 0) is 30.4 Å². The first-order chi connectivity index (χ1) is 22.6. The van der Waals surface area contributed by atoms with Crippen molar-refractivity contribution < 1.29 is 35.9 Å². The molecule has 254 valence electrons. The largest absolute Gasteiger partial charge is 0.435 e. The van der Waals surface area contributed by atoms with Crippen molar-refractivity contribution in [1.29, 1.82) is 0 Å². The number of alkyl halides is 3. The number of pyridine rings is 1. The number of hydrogen-bond donors (Lipinski definition) is 2. The van der Waals surface area contributed by atoms with E-state index >= 15 is 0 Å². The van der Waals surface area contributed by atoms with Crippen molar-refractivity contribution in [3.63, 3.8) is 0 Å². The summed E-state index contributed by atoms with van der Waals surface area (Å²) in [5.41, 5.74) is 5.05. The van der Waals surface area contributed by atoms with Crippen LogP contribution in [0, 0.1) is 22.9 Å². The Hall–Kier alpha value is -4.68. The molecule has 0 aliphatic heterocycles. The molecule has 1 fully saturated rings. The van der Waals surface area contributed by atoms with Gasteiger partial charge in [0.2, 0.25) is 5.91 Å². The lowest BCUT2D eigenvalue weighted by atomic mass is 9.78. The van der Waals surface area contributed by atoms with Crippen molar-refractivity contribution in [1.82, 2.24) is 20.1 Å². The second kappa shape index (κ2) is 13.4. The number of nitrogens with one attached hydrogen (secondary N) is 1. The highest BCUT2D eigenvalue weighted by Gasteiger charge is 2.44. The van der Waals surface area contributed by atoms with Gasteiger partial charge in [-0.2, -0.15) is 18.3 Å². The highest BCUT2D eigenvalue weighted by molar-refractivity contribution is 5.94. The molecule has 4 aromatic rings. The summed E-state index contributed by atoms with van der Waals surface area (Å²) < 4.78 is 86.5. The molecular weight excluding hydrogens is 636 g/mol. The zero-order valence-corrected chi connectivity index (χ0v) is 26.6. The Morgan fingerprint density at radius 1 is 1.08 bits per heavy atom. The van der Waals surface area contributed by atoms with Crippen molar-refractivity contribution in [3.8, 4) is 11.1 Å². The van der Waals surface area contributed by atoms with Crippen LogP contribution in [0.25, 0.3) is 11.1 Å². The molecule has 1 unspecified atom stereocenters.